The molecule has 0 spiro atoms. The number of hydrogen-bond donors (Lipinski definition) is 4. The molecular formula is C19H50N4O5Si2. The van der Waals surface area contributed by atoms with Gasteiger partial charge >= 0.3 is 18.1 Å². The summed E-state index contributed by atoms with van der Waals surface area (Å²) in [6.45, 7) is 16.6. The molecule has 0 aliphatic rings. The van der Waals surface area contributed by atoms with Gasteiger partial charge in [0.05, 0.1) is 11.8 Å². The first-order chi connectivity index (χ1) is 14.2. The second-order valence-electron chi connectivity index (χ2n) is 6.94. The predicted octanol–water partition coefficient (Wildman–Crippen LogP) is 1.35. The lowest BCUT2D eigenvalue weighted by molar-refractivity contribution is 0.0561. The molecular weight excluding hydrogens is 420 g/mol. The molecule has 0 rings (SSSR count). The van der Waals surface area contributed by atoms with Crippen LogP contribution in [0, 0.1) is 0 Å². The minimum absolute atomic E-state index is 0.0438. The van der Waals surface area contributed by atoms with Gasteiger partial charge in [-0.2, -0.15) is 0 Å². The van der Waals surface area contributed by atoms with Crippen molar-refractivity contribution in [1.29, 1.82) is 0 Å². The Labute approximate surface area is 188 Å². The molecule has 11 heteroatoms. The summed E-state index contributed by atoms with van der Waals surface area (Å²) < 4.78 is 28.1. The molecule has 3 atom stereocenters. The Hall–Kier alpha value is 0.0738. The molecule has 0 saturated heterocycles. The Morgan fingerprint density at radius 3 is 1.67 bits per heavy atom. The van der Waals surface area contributed by atoms with Gasteiger partial charge in [-0.05, 0) is 47.1 Å². The van der Waals surface area contributed by atoms with Crippen LogP contribution in [0.15, 0.2) is 0 Å². The van der Waals surface area contributed by atoms with Crippen molar-refractivity contribution in [2.45, 2.75) is 84.8 Å². The van der Waals surface area contributed by atoms with E-state index in [0.29, 0.717) is 19.8 Å². The highest BCUT2D eigenvalue weighted by molar-refractivity contribution is 6.62. The van der Waals surface area contributed by atoms with E-state index in [4.69, 9.17) is 33.6 Å². The third kappa shape index (κ3) is 11.6. The summed E-state index contributed by atoms with van der Waals surface area (Å²) in [5.41, 5.74) is 12.0. The minimum Gasteiger partial charge on any atom is -0.398 e. The van der Waals surface area contributed by atoms with Crippen LogP contribution in [0.3, 0.4) is 0 Å². The standard InChI is InChI=1S/C11H28N2O3Si.C8H22N2O2Si/c1-6-11(13-10(5)12)17(14-7-2,15-8-3)16-9-4;1-5-7-8(9,10-6-2)13(11-3)12-4/h10-11,13H,6-9,12H2,1-5H3;10,13H,5-7,9H2,1-4H3. The van der Waals surface area contributed by atoms with Crippen molar-refractivity contribution in [2.75, 3.05) is 40.6 Å². The zero-order chi connectivity index (χ0) is 23.6. The van der Waals surface area contributed by atoms with Crippen LogP contribution in [-0.4, -0.2) is 75.8 Å². The van der Waals surface area contributed by atoms with E-state index < -0.39 is 23.4 Å². The Bertz CT molecular complexity index is 371. The molecule has 0 amide bonds. The van der Waals surface area contributed by atoms with Gasteiger partial charge in [0.2, 0.25) is 0 Å². The largest absolute Gasteiger partial charge is 0.518 e. The van der Waals surface area contributed by atoms with E-state index in [-0.39, 0.29) is 11.8 Å². The van der Waals surface area contributed by atoms with Gasteiger partial charge in [0.15, 0.2) is 0 Å². The number of nitrogens with two attached hydrogens (primary N) is 2. The first kappa shape index (κ1) is 32.3. The molecule has 0 aliphatic carbocycles. The van der Waals surface area contributed by atoms with E-state index in [9.17, 15) is 0 Å². The van der Waals surface area contributed by atoms with Crippen molar-refractivity contribution in [2.24, 2.45) is 11.5 Å². The van der Waals surface area contributed by atoms with E-state index in [1.165, 1.54) is 0 Å². The van der Waals surface area contributed by atoms with Crippen LogP contribution < -0.4 is 22.1 Å². The molecule has 0 bridgehead atoms. The Kier molecular flexibility index (Phi) is 20.0. The molecule has 0 aromatic heterocycles. The van der Waals surface area contributed by atoms with Crippen molar-refractivity contribution in [3.05, 3.63) is 0 Å². The van der Waals surface area contributed by atoms with Crippen LogP contribution >= 0.6 is 0 Å². The average Bonchev–Trinajstić information content (AvgIpc) is 2.68. The zero-order valence-corrected chi connectivity index (χ0v) is 23.0. The number of rotatable bonds is 17. The molecule has 0 saturated carbocycles. The van der Waals surface area contributed by atoms with E-state index in [2.05, 4.69) is 24.5 Å². The SMILES string of the molecule is CCCC(N)(NCC)[SiH](OC)OC.CCO[Si](OCC)(OCC)C(CC)NC(C)N. The summed E-state index contributed by atoms with van der Waals surface area (Å²) in [4.78, 5) is 0. The maximum absolute atomic E-state index is 6.18. The highest BCUT2D eigenvalue weighted by Gasteiger charge is 2.48. The van der Waals surface area contributed by atoms with E-state index in [1.807, 2.05) is 34.6 Å². The van der Waals surface area contributed by atoms with Crippen LogP contribution in [0.4, 0.5) is 0 Å². The first-order valence-electron chi connectivity index (χ1n) is 11.2. The predicted molar refractivity (Wildman–Crippen MR) is 128 cm³/mol. The third-order valence-corrected chi connectivity index (χ3v) is 10.0. The van der Waals surface area contributed by atoms with Crippen molar-refractivity contribution in [1.82, 2.24) is 10.6 Å². The van der Waals surface area contributed by atoms with Crippen LogP contribution in [0.2, 0.25) is 0 Å². The Morgan fingerprint density at radius 1 is 0.933 bits per heavy atom. The maximum Gasteiger partial charge on any atom is 0.518 e. The average molecular weight is 471 g/mol. The van der Waals surface area contributed by atoms with Gasteiger partial charge in [0.1, 0.15) is 5.29 Å². The van der Waals surface area contributed by atoms with Crippen LogP contribution in [0.25, 0.3) is 0 Å². The second-order valence-corrected chi connectivity index (χ2v) is 12.3. The lowest BCUT2D eigenvalue weighted by Gasteiger charge is -2.36. The highest BCUT2D eigenvalue weighted by atomic mass is 28.4. The molecule has 30 heavy (non-hydrogen) atoms. The maximum atomic E-state index is 6.18. The Morgan fingerprint density at radius 2 is 1.40 bits per heavy atom. The Balaban J connectivity index is 0. The zero-order valence-electron chi connectivity index (χ0n) is 20.9. The summed E-state index contributed by atoms with van der Waals surface area (Å²) in [6.07, 6.45) is 2.68. The van der Waals surface area contributed by atoms with Crippen LogP contribution in [0.1, 0.15) is 67.7 Å². The van der Waals surface area contributed by atoms with Crippen LogP contribution in [-0.2, 0) is 22.1 Å². The number of nitrogens with one attached hydrogen (secondary N) is 2. The lowest BCUT2D eigenvalue weighted by Crippen LogP contribution is -2.65. The van der Waals surface area contributed by atoms with Gasteiger partial charge in [-0.1, -0.05) is 27.2 Å². The summed E-state index contributed by atoms with van der Waals surface area (Å²) in [7, 11) is -1.15. The quantitative estimate of drug-likeness (QED) is 0.184. The lowest BCUT2D eigenvalue weighted by atomic mass is 10.3. The van der Waals surface area contributed by atoms with Gasteiger partial charge in [-0.15, -0.1) is 0 Å². The summed E-state index contributed by atoms with van der Waals surface area (Å²) in [6, 6.07) is 0. The highest BCUT2D eigenvalue weighted by Crippen LogP contribution is 2.18. The van der Waals surface area contributed by atoms with Gasteiger partial charge in [0, 0.05) is 34.0 Å². The molecule has 6 N–H and O–H groups in total. The summed E-state index contributed by atoms with van der Waals surface area (Å²) >= 11 is 0. The summed E-state index contributed by atoms with van der Waals surface area (Å²) in [5, 5.41) is 6.10. The molecule has 0 radical (unpaired) electrons. The molecule has 9 nitrogen and oxygen atoms in total. The van der Waals surface area contributed by atoms with Gasteiger partial charge < -0.3 is 33.6 Å². The van der Waals surface area contributed by atoms with Crippen LogP contribution in [0.5, 0.6) is 0 Å². The van der Waals surface area contributed by atoms with Crippen molar-refractivity contribution >= 4 is 18.1 Å². The smallest absolute Gasteiger partial charge is 0.398 e. The normalized spacial score (nSPS) is 16.0. The fourth-order valence-corrected chi connectivity index (χ4v) is 8.32. The number of hydrogen-bond acceptors (Lipinski definition) is 9. The van der Waals surface area contributed by atoms with E-state index >= 15 is 0 Å². The molecule has 0 aromatic carbocycles. The van der Waals surface area contributed by atoms with Crippen molar-refractivity contribution in [3.63, 3.8) is 0 Å². The summed E-state index contributed by atoms with van der Waals surface area (Å²) in [5.74, 6) is 0. The van der Waals surface area contributed by atoms with E-state index in [1.54, 1.807) is 14.2 Å². The fraction of sp³-hybridized carbons (Fsp3) is 1.00. The van der Waals surface area contributed by atoms with Crippen molar-refractivity contribution < 1.29 is 22.1 Å². The molecule has 0 aliphatic heterocycles. The topological polar surface area (TPSA) is 122 Å². The molecule has 0 fully saturated rings. The van der Waals surface area contributed by atoms with Crippen molar-refractivity contribution in [3.8, 4) is 0 Å². The second kappa shape index (κ2) is 18.6. The monoisotopic (exact) mass is 470 g/mol. The molecule has 0 heterocycles. The van der Waals surface area contributed by atoms with Gasteiger partial charge in [0.25, 0.3) is 0 Å². The van der Waals surface area contributed by atoms with Gasteiger partial charge in [-0.3, -0.25) is 10.6 Å². The molecule has 0 aromatic rings. The molecule has 3 unspecified atom stereocenters. The minimum atomic E-state index is -2.68. The fourth-order valence-electron chi connectivity index (χ4n) is 3.37. The van der Waals surface area contributed by atoms with E-state index in [0.717, 1.165) is 25.8 Å². The third-order valence-electron chi connectivity index (χ3n) is 4.35. The first-order valence-corrected chi connectivity index (χ1v) is 14.6. The molecule has 184 valence electrons. The van der Waals surface area contributed by atoms with Gasteiger partial charge in [-0.25, -0.2) is 0 Å².